The predicted octanol–water partition coefficient (Wildman–Crippen LogP) is 2.54. The average Bonchev–Trinajstić information content (AvgIpc) is 3.12. The molecular weight excluding hydrogens is 261 g/mol. The van der Waals surface area contributed by atoms with Crippen LogP contribution < -0.4 is 4.90 Å². The number of rotatable bonds is 5. The van der Waals surface area contributed by atoms with Crippen LogP contribution in [0.25, 0.3) is 0 Å². The Bertz CT molecular complexity index is 472. The van der Waals surface area contributed by atoms with Crippen LogP contribution in [0, 0.1) is 0 Å². The zero-order chi connectivity index (χ0) is 14.0. The molecule has 1 aromatic heterocycles. The van der Waals surface area contributed by atoms with E-state index in [-0.39, 0.29) is 24.8 Å². The molecule has 1 fully saturated rings. The molecule has 1 aromatic rings. The van der Waals surface area contributed by atoms with Crippen molar-refractivity contribution in [3.63, 3.8) is 0 Å². The van der Waals surface area contributed by atoms with E-state index < -0.39 is 17.7 Å². The van der Waals surface area contributed by atoms with Gasteiger partial charge in [0.15, 0.2) is 0 Å². The number of pyridine rings is 1. The fraction of sp³-hybridized carbons (Fsp3) is 0.500. The van der Waals surface area contributed by atoms with Crippen molar-refractivity contribution in [2.75, 3.05) is 11.4 Å². The highest BCUT2D eigenvalue weighted by atomic mass is 19.4. The molecule has 1 heterocycles. The molecule has 0 bridgehead atoms. The summed E-state index contributed by atoms with van der Waals surface area (Å²) in [4.78, 5) is 15.8. The van der Waals surface area contributed by atoms with Crippen molar-refractivity contribution in [1.29, 1.82) is 0 Å². The lowest BCUT2D eigenvalue weighted by molar-refractivity contribution is -0.137. The number of halogens is 3. The van der Waals surface area contributed by atoms with Crippen LogP contribution in [0.5, 0.6) is 0 Å². The van der Waals surface area contributed by atoms with E-state index in [0.29, 0.717) is 0 Å². The van der Waals surface area contributed by atoms with Crippen molar-refractivity contribution in [3.8, 4) is 0 Å². The van der Waals surface area contributed by atoms with Gasteiger partial charge in [-0.05, 0) is 25.0 Å². The second-order valence-electron chi connectivity index (χ2n) is 4.44. The summed E-state index contributed by atoms with van der Waals surface area (Å²) in [6.45, 7) is 0.0418. The van der Waals surface area contributed by atoms with Gasteiger partial charge < -0.3 is 10.0 Å². The normalized spacial score (nSPS) is 15.3. The molecule has 0 spiro atoms. The summed E-state index contributed by atoms with van der Waals surface area (Å²) in [5.74, 6) is -1.20. The summed E-state index contributed by atoms with van der Waals surface area (Å²) in [5, 5.41) is 8.67. The maximum absolute atomic E-state index is 12.9. The monoisotopic (exact) mass is 274 g/mol. The maximum Gasteiger partial charge on any atom is 0.419 e. The van der Waals surface area contributed by atoms with Gasteiger partial charge in [0, 0.05) is 18.8 Å². The Labute approximate surface area is 107 Å². The van der Waals surface area contributed by atoms with Crippen LogP contribution in [0.1, 0.15) is 24.8 Å². The number of aliphatic carboxylic acids is 1. The van der Waals surface area contributed by atoms with Crippen LogP contribution in [0.3, 0.4) is 0 Å². The minimum absolute atomic E-state index is 0.0321. The van der Waals surface area contributed by atoms with Crippen LogP contribution in [-0.2, 0) is 11.0 Å². The highest BCUT2D eigenvalue weighted by Gasteiger charge is 2.39. The number of hydrogen-bond acceptors (Lipinski definition) is 3. The van der Waals surface area contributed by atoms with Gasteiger partial charge in [-0.1, -0.05) is 0 Å². The number of carbonyl (C=O) groups is 1. The summed E-state index contributed by atoms with van der Waals surface area (Å²) in [6.07, 6.45) is -1.86. The first kappa shape index (κ1) is 13.6. The van der Waals surface area contributed by atoms with Crippen molar-refractivity contribution in [2.45, 2.75) is 31.5 Å². The fourth-order valence-electron chi connectivity index (χ4n) is 1.91. The molecule has 0 atom stereocenters. The van der Waals surface area contributed by atoms with E-state index in [4.69, 9.17) is 5.11 Å². The van der Waals surface area contributed by atoms with E-state index in [1.54, 1.807) is 0 Å². The molecule has 104 valence electrons. The summed E-state index contributed by atoms with van der Waals surface area (Å²) >= 11 is 0. The lowest BCUT2D eigenvalue weighted by atomic mass is 10.2. The van der Waals surface area contributed by atoms with Gasteiger partial charge in [-0.15, -0.1) is 0 Å². The van der Waals surface area contributed by atoms with E-state index in [0.717, 1.165) is 18.9 Å². The molecule has 0 radical (unpaired) electrons. The molecule has 0 amide bonds. The van der Waals surface area contributed by atoms with Gasteiger partial charge in [-0.3, -0.25) is 4.79 Å². The molecule has 1 aliphatic rings. The number of aromatic nitrogens is 1. The number of carboxylic acids is 1. The standard InChI is InChI=1S/C12H13F3N2O2/c13-12(14,15)9-2-1-6-16-11(9)17(8-3-4-8)7-5-10(18)19/h1-2,6,8H,3-5,7H2,(H,18,19). The first-order valence-electron chi connectivity index (χ1n) is 5.90. The molecule has 4 nitrogen and oxygen atoms in total. The van der Waals surface area contributed by atoms with Gasteiger partial charge in [0.2, 0.25) is 0 Å². The summed E-state index contributed by atoms with van der Waals surface area (Å²) in [5.41, 5.74) is -0.813. The quantitative estimate of drug-likeness (QED) is 0.896. The number of hydrogen-bond donors (Lipinski definition) is 1. The van der Waals surface area contributed by atoms with E-state index in [1.165, 1.54) is 17.2 Å². The Morgan fingerprint density at radius 3 is 2.68 bits per heavy atom. The van der Waals surface area contributed by atoms with Crippen molar-refractivity contribution in [2.24, 2.45) is 0 Å². The Morgan fingerprint density at radius 2 is 2.16 bits per heavy atom. The number of carboxylic acid groups (broad SMARTS) is 1. The third-order valence-corrected chi connectivity index (χ3v) is 2.92. The van der Waals surface area contributed by atoms with Crippen molar-refractivity contribution >= 4 is 11.8 Å². The zero-order valence-electron chi connectivity index (χ0n) is 10.0. The summed E-state index contributed by atoms with van der Waals surface area (Å²) in [7, 11) is 0. The van der Waals surface area contributed by atoms with E-state index in [9.17, 15) is 18.0 Å². The van der Waals surface area contributed by atoms with Gasteiger partial charge >= 0.3 is 12.1 Å². The fourth-order valence-corrected chi connectivity index (χ4v) is 1.91. The molecule has 1 N–H and O–H groups in total. The van der Waals surface area contributed by atoms with Crippen molar-refractivity contribution in [3.05, 3.63) is 23.9 Å². The third-order valence-electron chi connectivity index (χ3n) is 2.92. The maximum atomic E-state index is 12.9. The van der Waals surface area contributed by atoms with Crippen LogP contribution in [-0.4, -0.2) is 28.6 Å². The van der Waals surface area contributed by atoms with Crippen LogP contribution in [0.15, 0.2) is 18.3 Å². The molecule has 1 aliphatic carbocycles. The molecule has 19 heavy (non-hydrogen) atoms. The topological polar surface area (TPSA) is 53.4 Å². The second-order valence-corrected chi connectivity index (χ2v) is 4.44. The summed E-state index contributed by atoms with van der Waals surface area (Å²) in [6, 6.07) is 2.17. The molecule has 0 aromatic carbocycles. The van der Waals surface area contributed by atoms with Crippen LogP contribution in [0.2, 0.25) is 0 Å². The first-order valence-corrected chi connectivity index (χ1v) is 5.90. The molecule has 0 unspecified atom stereocenters. The largest absolute Gasteiger partial charge is 0.481 e. The van der Waals surface area contributed by atoms with Gasteiger partial charge in [0.1, 0.15) is 5.82 Å². The van der Waals surface area contributed by atoms with E-state index >= 15 is 0 Å². The highest BCUT2D eigenvalue weighted by Crippen LogP contribution is 2.39. The van der Waals surface area contributed by atoms with Crippen LogP contribution >= 0.6 is 0 Å². The lowest BCUT2D eigenvalue weighted by Gasteiger charge is -2.25. The second kappa shape index (κ2) is 5.07. The number of nitrogens with zero attached hydrogens (tertiary/aromatic N) is 2. The predicted molar refractivity (Wildman–Crippen MR) is 61.9 cm³/mol. The minimum Gasteiger partial charge on any atom is -0.481 e. The van der Waals surface area contributed by atoms with Crippen molar-refractivity contribution < 1.29 is 23.1 Å². The molecular formula is C12H13F3N2O2. The molecule has 7 heteroatoms. The highest BCUT2D eigenvalue weighted by molar-refractivity contribution is 5.68. The third kappa shape index (κ3) is 3.36. The lowest BCUT2D eigenvalue weighted by Crippen LogP contribution is -2.31. The van der Waals surface area contributed by atoms with Gasteiger partial charge in [0.05, 0.1) is 12.0 Å². The molecule has 0 saturated heterocycles. The number of anilines is 1. The minimum atomic E-state index is -4.49. The molecule has 0 aliphatic heterocycles. The van der Waals surface area contributed by atoms with Gasteiger partial charge in [-0.25, -0.2) is 4.98 Å². The average molecular weight is 274 g/mol. The SMILES string of the molecule is O=C(O)CCN(c1ncccc1C(F)(F)F)C1CC1. The van der Waals surface area contributed by atoms with Crippen molar-refractivity contribution in [1.82, 2.24) is 4.98 Å². The Morgan fingerprint density at radius 1 is 1.47 bits per heavy atom. The first-order chi connectivity index (χ1) is 8.89. The van der Waals surface area contributed by atoms with Gasteiger partial charge in [-0.2, -0.15) is 13.2 Å². The Balaban J connectivity index is 2.28. The molecule has 1 saturated carbocycles. The Kier molecular flexibility index (Phi) is 3.64. The van der Waals surface area contributed by atoms with E-state index in [1.807, 2.05) is 0 Å². The summed E-state index contributed by atoms with van der Waals surface area (Å²) < 4.78 is 38.7. The van der Waals surface area contributed by atoms with Crippen LogP contribution in [0.4, 0.5) is 19.0 Å². The van der Waals surface area contributed by atoms with Gasteiger partial charge in [0.25, 0.3) is 0 Å². The molecule has 2 rings (SSSR count). The van der Waals surface area contributed by atoms with E-state index in [2.05, 4.69) is 4.98 Å². The zero-order valence-corrected chi connectivity index (χ0v) is 10.0. The number of alkyl halides is 3. The Hall–Kier alpha value is -1.79. The smallest absolute Gasteiger partial charge is 0.419 e.